The largest absolute Gasteiger partial charge is 0.292 e. The minimum absolute atomic E-state index is 0.0938. The molecule has 2 heterocycles. The van der Waals surface area contributed by atoms with Crippen molar-refractivity contribution < 1.29 is 0 Å². The minimum atomic E-state index is -0.0938. The van der Waals surface area contributed by atoms with Crippen molar-refractivity contribution in [2.24, 2.45) is 0 Å². The molecule has 25 heavy (non-hydrogen) atoms. The second-order valence-corrected chi connectivity index (χ2v) is 7.53. The van der Waals surface area contributed by atoms with Gasteiger partial charge in [-0.2, -0.15) is 0 Å². The molecule has 0 saturated carbocycles. The molecule has 5 rings (SSSR count). The van der Waals surface area contributed by atoms with E-state index in [4.69, 9.17) is 16.6 Å². The Hall–Kier alpha value is -2.58. The lowest BCUT2D eigenvalue weighted by Crippen LogP contribution is -2.26. The molecule has 0 fully saturated rings. The summed E-state index contributed by atoms with van der Waals surface area (Å²) in [7, 11) is 0. The van der Waals surface area contributed by atoms with E-state index in [1.807, 2.05) is 12.1 Å². The monoisotopic (exact) mass is 344 g/mol. The van der Waals surface area contributed by atoms with E-state index in [1.54, 1.807) is 0 Å². The van der Waals surface area contributed by atoms with Crippen LogP contribution in [-0.4, -0.2) is 9.55 Å². The zero-order valence-electron chi connectivity index (χ0n) is 14.1. The molecule has 3 heteroatoms. The second kappa shape index (κ2) is 4.96. The van der Waals surface area contributed by atoms with Crippen LogP contribution in [0.3, 0.4) is 0 Å². The first-order chi connectivity index (χ1) is 12.1. The van der Waals surface area contributed by atoms with E-state index in [1.165, 1.54) is 16.6 Å². The van der Waals surface area contributed by atoms with Crippen molar-refractivity contribution in [2.45, 2.75) is 19.3 Å². The van der Waals surface area contributed by atoms with Crippen LogP contribution in [0.1, 0.15) is 25.0 Å². The zero-order valence-corrected chi connectivity index (χ0v) is 14.9. The maximum atomic E-state index is 6.36. The van der Waals surface area contributed by atoms with E-state index in [-0.39, 0.29) is 5.41 Å². The van der Waals surface area contributed by atoms with E-state index in [9.17, 15) is 0 Å². The van der Waals surface area contributed by atoms with Gasteiger partial charge in [0.2, 0.25) is 0 Å². The van der Waals surface area contributed by atoms with Gasteiger partial charge >= 0.3 is 0 Å². The van der Waals surface area contributed by atoms with Crippen molar-refractivity contribution in [2.75, 3.05) is 0 Å². The van der Waals surface area contributed by atoms with E-state index < -0.39 is 0 Å². The van der Waals surface area contributed by atoms with E-state index in [2.05, 4.69) is 73.0 Å². The van der Waals surface area contributed by atoms with Crippen LogP contribution in [0.25, 0.3) is 28.1 Å². The molecule has 1 aliphatic rings. The van der Waals surface area contributed by atoms with Crippen LogP contribution in [0.2, 0.25) is 5.02 Å². The quantitative estimate of drug-likeness (QED) is 0.415. The lowest BCUT2D eigenvalue weighted by atomic mass is 9.75. The molecule has 0 spiro atoms. The molecule has 2 nitrogen and oxygen atoms in total. The highest BCUT2D eigenvalue weighted by atomic mass is 35.5. The average Bonchev–Trinajstić information content (AvgIpc) is 3.01. The molecule has 0 bridgehead atoms. The number of aromatic nitrogens is 2. The SMILES string of the molecule is CC1(C)c2ccc(Cl)cc2-n2c(-c3ccccc3)nc3cccc1c32. The Morgan fingerprint density at radius 1 is 0.880 bits per heavy atom. The highest BCUT2D eigenvalue weighted by molar-refractivity contribution is 6.30. The van der Waals surface area contributed by atoms with Crippen LogP contribution in [0.5, 0.6) is 0 Å². The van der Waals surface area contributed by atoms with Gasteiger partial charge in [0.05, 0.1) is 16.7 Å². The number of imidazole rings is 1. The number of nitrogens with zero attached hydrogens (tertiary/aromatic N) is 2. The van der Waals surface area contributed by atoms with Gasteiger partial charge in [-0.25, -0.2) is 4.98 Å². The predicted molar refractivity (Wildman–Crippen MR) is 104 cm³/mol. The summed E-state index contributed by atoms with van der Waals surface area (Å²) in [5, 5.41) is 0.745. The maximum absolute atomic E-state index is 6.36. The van der Waals surface area contributed by atoms with Gasteiger partial charge < -0.3 is 0 Å². The molecule has 0 unspecified atom stereocenters. The third-order valence-electron chi connectivity index (χ3n) is 5.26. The molecule has 4 aromatic rings. The molecule has 122 valence electrons. The number of para-hydroxylation sites is 1. The van der Waals surface area contributed by atoms with Gasteiger partial charge in [-0.3, -0.25) is 4.57 Å². The van der Waals surface area contributed by atoms with Crippen LogP contribution in [-0.2, 0) is 5.41 Å². The molecule has 0 radical (unpaired) electrons. The lowest BCUT2D eigenvalue weighted by molar-refractivity contribution is 0.629. The fourth-order valence-corrected chi connectivity index (χ4v) is 4.18. The fraction of sp³-hybridized carbons (Fsp3) is 0.136. The summed E-state index contributed by atoms with van der Waals surface area (Å²) in [5.74, 6) is 0.960. The highest BCUT2D eigenvalue weighted by Gasteiger charge is 2.35. The van der Waals surface area contributed by atoms with Crippen molar-refractivity contribution in [3.63, 3.8) is 0 Å². The number of rotatable bonds is 1. The number of hydrogen-bond acceptors (Lipinski definition) is 1. The predicted octanol–water partition coefficient (Wildman–Crippen LogP) is 5.99. The van der Waals surface area contributed by atoms with Gasteiger partial charge in [0, 0.05) is 16.0 Å². The summed E-state index contributed by atoms with van der Waals surface area (Å²) >= 11 is 6.36. The first-order valence-electron chi connectivity index (χ1n) is 8.45. The normalized spacial score (nSPS) is 14.5. The summed E-state index contributed by atoms with van der Waals surface area (Å²) in [6, 6.07) is 22.9. The summed E-state index contributed by atoms with van der Waals surface area (Å²) in [5.41, 5.74) is 6.91. The molecule has 1 aromatic heterocycles. The molecular formula is C22H17ClN2. The summed E-state index contributed by atoms with van der Waals surface area (Å²) < 4.78 is 2.27. The molecule has 0 atom stereocenters. The van der Waals surface area contributed by atoms with Crippen LogP contribution in [0.15, 0.2) is 66.7 Å². The number of halogens is 1. The van der Waals surface area contributed by atoms with Gasteiger partial charge in [0.1, 0.15) is 5.82 Å². The Balaban J connectivity index is 1.99. The van der Waals surface area contributed by atoms with Gasteiger partial charge in [-0.05, 0) is 29.3 Å². The third kappa shape index (κ3) is 1.95. The first-order valence-corrected chi connectivity index (χ1v) is 8.83. The summed E-state index contributed by atoms with van der Waals surface area (Å²) in [4.78, 5) is 4.97. The Bertz CT molecular complexity index is 1120. The molecule has 0 saturated heterocycles. The number of hydrogen-bond donors (Lipinski definition) is 0. The van der Waals surface area contributed by atoms with Gasteiger partial charge in [0.15, 0.2) is 0 Å². The van der Waals surface area contributed by atoms with Crippen molar-refractivity contribution in [1.82, 2.24) is 9.55 Å². The van der Waals surface area contributed by atoms with Crippen LogP contribution in [0.4, 0.5) is 0 Å². The number of benzene rings is 3. The van der Waals surface area contributed by atoms with E-state index >= 15 is 0 Å². The first kappa shape index (κ1) is 14.7. The van der Waals surface area contributed by atoms with Gasteiger partial charge in [-0.15, -0.1) is 0 Å². The molecule has 0 aliphatic carbocycles. The van der Waals surface area contributed by atoms with Crippen molar-refractivity contribution in [3.8, 4) is 17.1 Å². The van der Waals surface area contributed by atoms with Crippen LogP contribution < -0.4 is 0 Å². The molecule has 0 amide bonds. The Morgan fingerprint density at radius 3 is 2.48 bits per heavy atom. The Kier molecular flexibility index (Phi) is 2.93. The second-order valence-electron chi connectivity index (χ2n) is 7.10. The van der Waals surface area contributed by atoms with Gasteiger partial charge in [-0.1, -0.05) is 74.0 Å². The lowest BCUT2D eigenvalue weighted by Gasteiger charge is -2.34. The highest BCUT2D eigenvalue weighted by Crippen LogP contribution is 2.46. The van der Waals surface area contributed by atoms with Crippen molar-refractivity contribution in [1.29, 1.82) is 0 Å². The van der Waals surface area contributed by atoms with E-state index in [0.717, 1.165) is 27.6 Å². The van der Waals surface area contributed by atoms with Crippen LogP contribution >= 0.6 is 11.6 Å². The third-order valence-corrected chi connectivity index (χ3v) is 5.49. The topological polar surface area (TPSA) is 17.8 Å². The van der Waals surface area contributed by atoms with Crippen molar-refractivity contribution >= 4 is 22.6 Å². The Labute approximate surface area is 151 Å². The molecular weight excluding hydrogens is 328 g/mol. The van der Waals surface area contributed by atoms with Crippen molar-refractivity contribution in [3.05, 3.63) is 82.9 Å². The molecule has 1 aliphatic heterocycles. The molecule has 0 N–H and O–H groups in total. The Morgan fingerprint density at radius 2 is 1.68 bits per heavy atom. The summed E-state index contributed by atoms with van der Waals surface area (Å²) in [6.45, 7) is 4.54. The number of fused-ring (bicyclic) bond motifs is 2. The average molecular weight is 345 g/mol. The maximum Gasteiger partial charge on any atom is 0.145 e. The standard InChI is InChI=1S/C22H17ClN2/c1-22(2)16-12-11-15(23)13-19(16)25-20-17(22)9-6-10-18(20)24-21(25)14-7-4-3-5-8-14/h3-13H,1-2H3. The molecule has 3 aromatic carbocycles. The van der Waals surface area contributed by atoms with Crippen LogP contribution in [0, 0.1) is 0 Å². The zero-order chi connectivity index (χ0) is 17.2. The van der Waals surface area contributed by atoms with E-state index in [0.29, 0.717) is 0 Å². The summed E-state index contributed by atoms with van der Waals surface area (Å²) in [6.07, 6.45) is 0. The smallest absolute Gasteiger partial charge is 0.145 e. The minimum Gasteiger partial charge on any atom is -0.292 e. The fourth-order valence-electron chi connectivity index (χ4n) is 4.01. The van der Waals surface area contributed by atoms with Gasteiger partial charge in [0.25, 0.3) is 0 Å².